The second kappa shape index (κ2) is 7.90. The zero-order chi connectivity index (χ0) is 19.5. The van der Waals surface area contributed by atoms with Gasteiger partial charge in [0.25, 0.3) is 0 Å². The van der Waals surface area contributed by atoms with Gasteiger partial charge in [0.15, 0.2) is 17.2 Å². The fraction of sp³-hybridized carbons (Fsp3) is 0.471. The molecule has 1 N–H and O–H groups in total. The van der Waals surface area contributed by atoms with Gasteiger partial charge in [-0.3, -0.25) is 19.7 Å². The maximum atomic E-state index is 10.9. The zero-order valence-corrected chi connectivity index (χ0v) is 15.5. The molecule has 0 unspecified atom stereocenters. The highest BCUT2D eigenvalue weighted by atomic mass is 16.6. The second-order valence-electron chi connectivity index (χ2n) is 6.53. The van der Waals surface area contributed by atoms with Crippen LogP contribution in [0.1, 0.15) is 6.42 Å². The molecule has 28 heavy (non-hydrogen) atoms. The molecule has 11 heteroatoms. The summed E-state index contributed by atoms with van der Waals surface area (Å²) in [4.78, 5) is 21.6. The van der Waals surface area contributed by atoms with Gasteiger partial charge in [0.1, 0.15) is 10.7 Å². The van der Waals surface area contributed by atoms with E-state index in [1.165, 1.54) is 12.1 Å². The molecule has 0 aliphatic carbocycles. The average Bonchev–Trinajstić information content (AvgIpc) is 3.34. The fourth-order valence-electron chi connectivity index (χ4n) is 3.15. The molecule has 0 radical (unpaired) electrons. The molecule has 0 saturated carbocycles. The molecule has 4 heterocycles. The van der Waals surface area contributed by atoms with Gasteiger partial charge in [0.2, 0.25) is 0 Å². The number of fused-ring (bicyclic) bond motifs is 1. The van der Waals surface area contributed by atoms with Crippen LogP contribution in [0.15, 0.2) is 22.7 Å². The summed E-state index contributed by atoms with van der Waals surface area (Å²) >= 11 is 0. The molecule has 1 fully saturated rings. The third-order valence-corrected chi connectivity index (χ3v) is 4.63. The minimum Gasteiger partial charge on any atom is -0.397 e. The summed E-state index contributed by atoms with van der Waals surface area (Å²) in [5, 5.41) is 19.2. The number of hydrogen-bond donors (Lipinski definition) is 1. The lowest BCUT2D eigenvalue weighted by atomic mass is 10.3. The third-order valence-electron chi connectivity index (χ3n) is 4.63. The summed E-state index contributed by atoms with van der Waals surface area (Å²) in [6.45, 7) is 5.21. The van der Waals surface area contributed by atoms with E-state index in [1.54, 1.807) is 17.9 Å². The lowest BCUT2D eigenvalue weighted by molar-refractivity contribution is -0.401. The number of hydrogen-bond acceptors (Lipinski definition) is 9. The Morgan fingerprint density at radius 3 is 2.86 bits per heavy atom. The minimum absolute atomic E-state index is 0.242. The van der Waals surface area contributed by atoms with Crippen LogP contribution in [0.25, 0.3) is 22.6 Å². The number of ether oxygens (including phenoxy) is 1. The Kier molecular flexibility index (Phi) is 5.17. The molecular formula is C17H21N7O4. The Morgan fingerprint density at radius 2 is 2.11 bits per heavy atom. The van der Waals surface area contributed by atoms with E-state index >= 15 is 0 Å². The van der Waals surface area contributed by atoms with Crippen molar-refractivity contribution in [3.63, 3.8) is 0 Å². The number of anilines is 1. The van der Waals surface area contributed by atoms with Crippen molar-refractivity contribution in [2.45, 2.75) is 6.42 Å². The molecule has 0 atom stereocenters. The van der Waals surface area contributed by atoms with Crippen LogP contribution in [0.4, 0.5) is 11.7 Å². The van der Waals surface area contributed by atoms with Gasteiger partial charge in [-0.15, -0.1) is 0 Å². The van der Waals surface area contributed by atoms with E-state index in [9.17, 15) is 10.1 Å². The third kappa shape index (κ3) is 3.80. The average molecular weight is 387 g/mol. The molecule has 0 bridgehead atoms. The van der Waals surface area contributed by atoms with E-state index in [1.807, 2.05) is 0 Å². The predicted molar refractivity (Wildman–Crippen MR) is 101 cm³/mol. The van der Waals surface area contributed by atoms with Crippen molar-refractivity contribution < 1.29 is 14.1 Å². The Morgan fingerprint density at radius 1 is 1.29 bits per heavy atom. The van der Waals surface area contributed by atoms with Gasteiger partial charge in [0, 0.05) is 26.7 Å². The van der Waals surface area contributed by atoms with Crippen LogP contribution in [0.2, 0.25) is 0 Å². The predicted octanol–water partition coefficient (Wildman–Crippen LogP) is 1.67. The number of rotatable bonds is 7. The number of furan rings is 1. The van der Waals surface area contributed by atoms with Crippen molar-refractivity contribution in [1.29, 1.82) is 0 Å². The first-order valence-electron chi connectivity index (χ1n) is 9.10. The van der Waals surface area contributed by atoms with Gasteiger partial charge < -0.3 is 14.5 Å². The van der Waals surface area contributed by atoms with E-state index in [0.29, 0.717) is 11.5 Å². The molecule has 4 rings (SSSR count). The second-order valence-corrected chi connectivity index (χ2v) is 6.53. The van der Waals surface area contributed by atoms with Crippen LogP contribution < -0.4 is 5.32 Å². The standard InChI is InChI=1S/C17H21N7O4/c1-22-17-12(11-19-22)15(18-5-2-6-23-7-9-27-10-8-23)20-16(21-17)13-3-4-14(28-13)24(25)26/h3-4,11H,2,5-10H2,1H3,(H,18,20,21). The van der Waals surface area contributed by atoms with E-state index in [-0.39, 0.29) is 17.5 Å². The van der Waals surface area contributed by atoms with Gasteiger partial charge in [0.05, 0.1) is 30.9 Å². The quantitative estimate of drug-likeness (QED) is 0.366. The summed E-state index contributed by atoms with van der Waals surface area (Å²) in [7, 11) is 1.78. The normalized spacial score (nSPS) is 15.2. The van der Waals surface area contributed by atoms with Gasteiger partial charge >= 0.3 is 5.88 Å². The lowest BCUT2D eigenvalue weighted by Gasteiger charge is -2.26. The molecule has 1 aliphatic heterocycles. The fourth-order valence-corrected chi connectivity index (χ4v) is 3.15. The molecule has 1 saturated heterocycles. The Bertz CT molecular complexity index is 977. The van der Waals surface area contributed by atoms with E-state index in [2.05, 4.69) is 25.3 Å². The van der Waals surface area contributed by atoms with Crippen molar-refractivity contribution in [1.82, 2.24) is 24.6 Å². The Labute approximate surface area is 160 Å². The van der Waals surface area contributed by atoms with Crippen molar-refractivity contribution >= 4 is 22.7 Å². The van der Waals surface area contributed by atoms with Crippen molar-refractivity contribution in [3.8, 4) is 11.6 Å². The number of nitrogens with one attached hydrogen (secondary N) is 1. The molecule has 0 spiro atoms. The highest BCUT2D eigenvalue weighted by molar-refractivity contribution is 5.87. The summed E-state index contributed by atoms with van der Waals surface area (Å²) in [6, 6.07) is 2.79. The maximum absolute atomic E-state index is 10.9. The Balaban J connectivity index is 1.52. The monoisotopic (exact) mass is 387 g/mol. The van der Waals surface area contributed by atoms with Crippen molar-refractivity contribution in [3.05, 3.63) is 28.4 Å². The first-order chi connectivity index (χ1) is 13.6. The van der Waals surface area contributed by atoms with Crippen LogP contribution in [0.3, 0.4) is 0 Å². The number of aryl methyl sites for hydroxylation is 1. The Hall–Kier alpha value is -3.05. The molecule has 1 aliphatic rings. The lowest BCUT2D eigenvalue weighted by Crippen LogP contribution is -2.37. The van der Waals surface area contributed by atoms with Crippen LogP contribution in [0.5, 0.6) is 0 Å². The first kappa shape index (κ1) is 18.3. The van der Waals surface area contributed by atoms with E-state index < -0.39 is 4.92 Å². The summed E-state index contributed by atoms with van der Waals surface area (Å²) < 4.78 is 12.3. The van der Waals surface area contributed by atoms with E-state index in [0.717, 1.165) is 51.2 Å². The van der Waals surface area contributed by atoms with Gasteiger partial charge in [-0.25, -0.2) is 9.97 Å². The topological polar surface area (TPSA) is 124 Å². The molecule has 148 valence electrons. The molecule has 0 amide bonds. The number of nitro groups is 1. The SMILES string of the molecule is Cn1ncc2c(NCCCN3CCOCC3)nc(-c3ccc([N+](=O)[O-])o3)nc21. The molecule has 3 aromatic heterocycles. The van der Waals surface area contributed by atoms with Crippen LogP contribution >= 0.6 is 0 Å². The number of aromatic nitrogens is 4. The van der Waals surface area contributed by atoms with Crippen LogP contribution in [-0.4, -0.2) is 69.0 Å². The smallest absolute Gasteiger partial charge is 0.397 e. The van der Waals surface area contributed by atoms with Crippen LogP contribution in [-0.2, 0) is 11.8 Å². The largest absolute Gasteiger partial charge is 0.433 e. The minimum atomic E-state index is -0.586. The van der Waals surface area contributed by atoms with Gasteiger partial charge in [-0.05, 0) is 19.0 Å². The van der Waals surface area contributed by atoms with Crippen LogP contribution in [0, 0.1) is 10.1 Å². The van der Waals surface area contributed by atoms with Gasteiger partial charge in [-0.2, -0.15) is 5.10 Å². The first-order valence-corrected chi connectivity index (χ1v) is 9.10. The highest BCUT2D eigenvalue weighted by Gasteiger charge is 2.18. The highest BCUT2D eigenvalue weighted by Crippen LogP contribution is 2.27. The summed E-state index contributed by atoms with van der Waals surface area (Å²) in [5.41, 5.74) is 0.625. The maximum Gasteiger partial charge on any atom is 0.433 e. The number of morpholine rings is 1. The van der Waals surface area contributed by atoms with Gasteiger partial charge in [-0.1, -0.05) is 0 Å². The summed E-state index contributed by atoms with van der Waals surface area (Å²) in [6.07, 6.45) is 2.65. The molecule has 11 nitrogen and oxygen atoms in total. The summed E-state index contributed by atoms with van der Waals surface area (Å²) in [5.74, 6) is 0.809. The van der Waals surface area contributed by atoms with Crippen molar-refractivity contribution in [2.24, 2.45) is 7.05 Å². The zero-order valence-electron chi connectivity index (χ0n) is 15.5. The molecular weight excluding hydrogens is 366 g/mol. The molecule has 3 aromatic rings. The van der Waals surface area contributed by atoms with Crippen molar-refractivity contribution in [2.75, 3.05) is 44.7 Å². The number of nitrogens with zero attached hydrogens (tertiary/aromatic N) is 6. The van der Waals surface area contributed by atoms with E-state index in [4.69, 9.17) is 9.15 Å². The molecule has 0 aromatic carbocycles.